The first-order valence-corrected chi connectivity index (χ1v) is 10.4. The monoisotopic (exact) mass is 392 g/mol. The molecule has 0 aliphatic heterocycles. The van der Waals surface area contributed by atoms with E-state index in [1.165, 1.54) is 0 Å². The summed E-state index contributed by atoms with van der Waals surface area (Å²) in [6, 6.07) is 0. The second kappa shape index (κ2) is 12.4. The molecule has 1 aliphatic rings. The number of unbranched alkanes of at least 4 members (excludes halogenated alkanes) is 3. The van der Waals surface area contributed by atoms with Gasteiger partial charge in [0.2, 0.25) is 0 Å². The van der Waals surface area contributed by atoms with E-state index in [-0.39, 0.29) is 31.1 Å². The average Bonchev–Trinajstić information content (AvgIpc) is 3.02. The summed E-state index contributed by atoms with van der Waals surface area (Å²) in [6.07, 6.45) is 6.02. The van der Waals surface area contributed by atoms with Gasteiger partial charge in [-0.05, 0) is 50.4 Å². The summed E-state index contributed by atoms with van der Waals surface area (Å²) >= 11 is 0. The van der Waals surface area contributed by atoms with E-state index in [0.29, 0.717) is 19.3 Å². The molecule has 158 valence electrons. The number of alkyl halides is 3. The lowest BCUT2D eigenvalue weighted by molar-refractivity contribution is -0.181. The van der Waals surface area contributed by atoms with Gasteiger partial charge >= 0.3 is 12.1 Å². The highest BCUT2D eigenvalue weighted by Crippen LogP contribution is 2.42. The molecule has 0 aromatic carbocycles. The summed E-state index contributed by atoms with van der Waals surface area (Å²) in [5.41, 5.74) is 0. The van der Waals surface area contributed by atoms with Crippen molar-refractivity contribution in [2.75, 3.05) is 0 Å². The molecule has 0 radical (unpaired) electrons. The summed E-state index contributed by atoms with van der Waals surface area (Å²) < 4.78 is 40.2. The van der Waals surface area contributed by atoms with E-state index >= 15 is 0 Å². The maximum atomic E-state index is 13.4. The van der Waals surface area contributed by atoms with Crippen molar-refractivity contribution >= 4 is 5.97 Å². The molecule has 0 heterocycles. The van der Waals surface area contributed by atoms with Gasteiger partial charge in [0.25, 0.3) is 0 Å². The van der Waals surface area contributed by atoms with Gasteiger partial charge in [0, 0.05) is 6.42 Å². The number of aliphatic hydroxyl groups is 1. The molecule has 0 aromatic heterocycles. The SMILES string of the molecule is CCCCCC(O)/C=C/[C@H]1CCC[C@@H]1CC(CCCCC(=O)O)C(F)(F)F. The molecule has 1 aliphatic carbocycles. The molecular formula is C21H35F3O3. The van der Waals surface area contributed by atoms with Crippen LogP contribution in [0.4, 0.5) is 13.2 Å². The summed E-state index contributed by atoms with van der Waals surface area (Å²) in [7, 11) is 0. The number of hydrogen-bond donors (Lipinski definition) is 2. The predicted octanol–water partition coefficient (Wildman–Crippen LogP) is 6.11. The van der Waals surface area contributed by atoms with Crippen molar-refractivity contribution in [1.29, 1.82) is 0 Å². The molecule has 0 spiro atoms. The molecule has 0 aromatic rings. The molecule has 1 fully saturated rings. The second-order valence-corrected chi connectivity index (χ2v) is 7.92. The van der Waals surface area contributed by atoms with E-state index < -0.39 is 24.2 Å². The topological polar surface area (TPSA) is 57.5 Å². The van der Waals surface area contributed by atoms with Gasteiger partial charge in [-0.25, -0.2) is 0 Å². The first-order valence-electron chi connectivity index (χ1n) is 10.4. The third kappa shape index (κ3) is 10.2. The molecule has 2 N–H and O–H groups in total. The fourth-order valence-electron chi connectivity index (χ4n) is 4.03. The minimum Gasteiger partial charge on any atom is -0.481 e. The second-order valence-electron chi connectivity index (χ2n) is 7.92. The zero-order chi connectivity index (χ0) is 20.3. The highest BCUT2D eigenvalue weighted by molar-refractivity contribution is 5.66. The fourth-order valence-corrected chi connectivity index (χ4v) is 4.03. The van der Waals surface area contributed by atoms with E-state index in [4.69, 9.17) is 5.11 Å². The first kappa shape index (κ1) is 24.0. The van der Waals surface area contributed by atoms with Crippen molar-refractivity contribution < 1.29 is 28.2 Å². The molecule has 1 saturated carbocycles. The Kier molecular flexibility index (Phi) is 11.0. The number of hydrogen-bond acceptors (Lipinski definition) is 2. The minimum absolute atomic E-state index is 0.00333. The Morgan fingerprint density at radius 3 is 2.48 bits per heavy atom. The van der Waals surface area contributed by atoms with Crippen molar-refractivity contribution in [3.63, 3.8) is 0 Å². The van der Waals surface area contributed by atoms with Crippen molar-refractivity contribution in [1.82, 2.24) is 0 Å². The lowest BCUT2D eigenvalue weighted by Crippen LogP contribution is -2.26. The van der Waals surface area contributed by atoms with Gasteiger partial charge in [-0.1, -0.05) is 51.2 Å². The Morgan fingerprint density at radius 2 is 1.85 bits per heavy atom. The lowest BCUT2D eigenvalue weighted by Gasteiger charge is -2.26. The van der Waals surface area contributed by atoms with E-state index in [1.807, 2.05) is 6.08 Å². The lowest BCUT2D eigenvalue weighted by atomic mass is 9.83. The van der Waals surface area contributed by atoms with Crippen LogP contribution in [-0.4, -0.2) is 28.5 Å². The van der Waals surface area contributed by atoms with Crippen molar-refractivity contribution in [2.45, 2.75) is 96.3 Å². The third-order valence-electron chi connectivity index (χ3n) is 5.65. The van der Waals surface area contributed by atoms with Crippen LogP contribution < -0.4 is 0 Å². The number of aliphatic carboxylic acids is 1. The van der Waals surface area contributed by atoms with Gasteiger partial charge in [-0.3, -0.25) is 4.79 Å². The first-order chi connectivity index (χ1) is 12.7. The van der Waals surface area contributed by atoms with Crippen LogP contribution in [-0.2, 0) is 4.79 Å². The summed E-state index contributed by atoms with van der Waals surface area (Å²) in [6.45, 7) is 2.10. The molecule has 4 atom stereocenters. The normalized spacial score (nSPS) is 23.0. The zero-order valence-corrected chi connectivity index (χ0v) is 16.4. The van der Waals surface area contributed by atoms with Gasteiger partial charge in [-0.15, -0.1) is 0 Å². The van der Waals surface area contributed by atoms with E-state index in [9.17, 15) is 23.1 Å². The Morgan fingerprint density at radius 1 is 1.15 bits per heavy atom. The van der Waals surface area contributed by atoms with Crippen LogP contribution >= 0.6 is 0 Å². The number of rotatable bonds is 13. The number of allylic oxidation sites excluding steroid dienone is 1. The van der Waals surface area contributed by atoms with Crippen LogP contribution in [0.15, 0.2) is 12.2 Å². The fraction of sp³-hybridized carbons (Fsp3) is 0.857. The minimum atomic E-state index is -4.24. The Hall–Kier alpha value is -1.04. The highest BCUT2D eigenvalue weighted by atomic mass is 19.4. The summed E-state index contributed by atoms with van der Waals surface area (Å²) in [5, 5.41) is 18.6. The molecule has 0 amide bonds. The number of aliphatic hydroxyl groups excluding tert-OH is 1. The Balaban J connectivity index is 2.53. The quantitative estimate of drug-likeness (QED) is 0.293. The van der Waals surface area contributed by atoms with Gasteiger partial charge < -0.3 is 10.2 Å². The van der Waals surface area contributed by atoms with Crippen LogP contribution in [0.3, 0.4) is 0 Å². The van der Waals surface area contributed by atoms with Crippen molar-refractivity contribution in [2.24, 2.45) is 17.8 Å². The van der Waals surface area contributed by atoms with E-state index in [1.54, 1.807) is 6.08 Å². The maximum absolute atomic E-state index is 13.4. The third-order valence-corrected chi connectivity index (χ3v) is 5.65. The van der Waals surface area contributed by atoms with Gasteiger partial charge in [0.05, 0.1) is 12.0 Å². The Bertz CT molecular complexity index is 448. The molecule has 27 heavy (non-hydrogen) atoms. The summed E-state index contributed by atoms with van der Waals surface area (Å²) in [5.74, 6) is -2.22. The summed E-state index contributed by atoms with van der Waals surface area (Å²) in [4.78, 5) is 10.5. The predicted molar refractivity (Wildman–Crippen MR) is 100 cm³/mol. The molecule has 0 bridgehead atoms. The molecule has 2 unspecified atom stereocenters. The van der Waals surface area contributed by atoms with Crippen molar-refractivity contribution in [3.8, 4) is 0 Å². The molecule has 6 heteroatoms. The van der Waals surface area contributed by atoms with Gasteiger partial charge in [0.1, 0.15) is 0 Å². The molecule has 3 nitrogen and oxygen atoms in total. The largest absolute Gasteiger partial charge is 0.481 e. The number of carboxylic acids is 1. The van der Waals surface area contributed by atoms with E-state index in [0.717, 1.165) is 38.5 Å². The van der Waals surface area contributed by atoms with E-state index in [2.05, 4.69) is 6.92 Å². The van der Waals surface area contributed by atoms with Gasteiger partial charge in [0.15, 0.2) is 0 Å². The van der Waals surface area contributed by atoms with Crippen molar-refractivity contribution in [3.05, 3.63) is 12.2 Å². The number of carboxylic acid groups (broad SMARTS) is 1. The van der Waals surface area contributed by atoms with Crippen LogP contribution in [0.25, 0.3) is 0 Å². The van der Waals surface area contributed by atoms with Crippen LogP contribution in [0.2, 0.25) is 0 Å². The molecule has 1 rings (SSSR count). The van der Waals surface area contributed by atoms with Crippen LogP contribution in [0, 0.1) is 17.8 Å². The number of halogens is 3. The van der Waals surface area contributed by atoms with Crippen LogP contribution in [0.1, 0.15) is 84.0 Å². The molecule has 0 saturated heterocycles. The standard InChI is InChI=1S/C21H35F3O3/c1-2-3-4-11-19(25)14-13-16-8-7-9-17(16)15-18(21(22,23)24)10-5-6-12-20(26)27/h13-14,16-19,25H,2-12,15H2,1H3,(H,26,27)/b14-13+/t16-,17-,18?,19?/m1/s1. The van der Waals surface area contributed by atoms with Crippen LogP contribution in [0.5, 0.6) is 0 Å². The van der Waals surface area contributed by atoms with Gasteiger partial charge in [-0.2, -0.15) is 13.2 Å². The number of carbonyl (C=O) groups is 1. The maximum Gasteiger partial charge on any atom is 0.391 e. The highest BCUT2D eigenvalue weighted by Gasteiger charge is 2.41. The average molecular weight is 393 g/mol. The molecular weight excluding hydrogens is 357 g/mol. The Labute approximate surface area is 161 Å². The zero-order valence-electron chi connectivity index (χ0n) is 16.4. The smallest absolute Gasteiger partial charge is 0.391 e.